The molecule has 1 heterocycles. The normalized spacial score (nSPS) is 14.1. The first-order valence-electron chi connectivity index (χ1n) is 7.33. The molecule has 0 radical (unpaired) electrons. The number of fused-ring (bicyclic) bond motifs is 1. The lowest BCUT2D eigenvalue weighted by molar-refractivity contribution is -0.141. The first-order valence-corrected chi connectivity index (χ1v) is 7.33. The molecule has 7 nitrogen and oxygen atoms in total. The van der Waals surface area contributed by atoms with Crippen LogP contribution in [0.1, 0.15) is 38.8 Å². The lowest BCUT2D eigenvalue weighted by Crippen LogP contribution is -2.47. The van der Waals surface area contributed by atoms with Crippen LogP contribution in [0.15, 0.2) is 18.2 Å². The highest BCUT2D eigenvalue weighted by Gasteiger charge is 2.23. The molecule has 0 bridgehead atoms. The van der Waals surface area contributed by atoms with E-state index in [0.29, 0.717) is 11.5 Å². The zero-order chi connectivity index (χ0) is 17.0. The van der Waals surface area contributed by atoms with Crippen LogP contribution in [-0.2, 0) is 9.53 Å². The predicted octanol–water partition coefficient (Wildman–Crippen LogP) is 2.12. The third kappa shape index (κ3) is 4.77. The van der Waals surface area contributed by atoms with Gasteiger partial charge in [0.05, 0.1) is 19.6 Å². The summed E-state index contributed by atoms with van der Waals surface area (Å²) in [6.07, 6.45) is 0.0215. The van der Waals surface area contributed by atoms with E-state index in [1.54, 1.807) is 18.2 Å². The molecule has 126 valence electrons. The fraction of sp³-hybridized carbons (Fsp3) is 0.500. The number of urea groups is 1. The van der Waals surface area contributed by atoms with Crippen LogP contribution in [0.5, 0.6) is 11.5 Å². The molecule has 1 aromatic carbocycles. The maximum Gasteiger partial charge on any atom is 0.315 e. The Labute approximate surface area is 135 Å². The van der Waals surface area contributed by atoms with Crippen LogP contribution in [0, 0.1) is 0 Å². The van der Waals surface area contributed by atoms with Crippen LogP contribution in [0.3, 0.4) is 0 Å². The van der Waals surface area contributed by atoms with Crippen LogP contribution in [0.2, 0.25) is 0 Å². The Morgan fingerprint density at radius 1 is 1.26 bits per heavy atom. The Kier molecular flexibility index (Phi) is 4.98. The van der Waals surface area contributed by atoms with Gasteiger partial charge in [0.2, 0.25) is 6.79 Å². The summed E-state index contributed by atoms with van der Waals surface area (Å²) < 4.78 is 15.3. The average Bonchev–Trinajstić information content (AvgIpc) is 2.91. The first-order chi connectivity index (χ1) is 10.8. The molecule has 0 unspecified atom stereocenters. The van der Waals surface area contributed by atoms with Gasteiger partial charge in [-0.05, 0) is 38.5 Å². The van der Waals surface area contributed by atoms with Gasteiger partial charge in [-0.1, -0.05) is 6.07 Å². The quantitative estimate of drug-likeness (QED) is 0.829. The molecule has 2 N–H and O–H groups in total. The number of esters is 1. The van der Waals surface area contributed by atoms with Gasteiger partial charge in [0.1, 0.15) is 0 Å². The third-order valence-electron chi connectivity index (χ3n) is 3.19. The molecule has 2 rings (SSSR count). The van der Waals surface area contributed by atoms with Crippen molar-refractivity contribution >= 4 is 12.0 Å². The summed E-state index contributed by atoms with van der Waals surface area (Å²) in [5.41, 5.74) is 0.359. The molecule has 1 aromatic rings. The van der Waals surface area contributed by atoms with Crippen molar-refractivity contribution < 1.29 is 23.8 Å². The molecule has 0 aromatic heterocycles. The number of ether oxygens (including phenoxy) is 3. The van der Waals surface area contributed by atoms with Gasteiger partial charge in [-0.2, -0.15) is 0 Å². The minimum absolute atomic E-state index is 0.0215. The highest BCUT2D eigenvalue weighted by atomic mass is 16.7. The van der Waals surface area contributed by atoms with E-state index in [0.717, 1.165) is 5.56 Å². The average molecular weight is 322 g/mol. The van der Waals surface area contributed by atoms with Crippen molar-refractivity contribution in [1.82, 2.24) is 10.6 Å². The Bertz CT molecular complexity index is 595. The maximum absolute atomic E-state index is 12.1. The van der Waals surface area contributed by atoms with Gasteiger partial charge in [0.15, 0.2) is 11.5 Å². The summed E-state index contributed by atoms with van der Waals surface area (Å²) in [5, 5.41) is 5.60. The van der Waals surface area contributed by atoms with Crippen LogP contribution in [0.25, 0.3) is 0 Å². The van der Waals surface area contributed by atoms with Gasteiger partial charge in [-0.25, -0.2) is 4.79 Å². The minimum Gasteiger partial charge on any atom is -0.469 e. The number of nitrogens with one attached hydrogen (secondary N) is 2. The predicted molar refractivity (Wildman–Crippen MR) is 83.4 cm³/mol. The molecule has 0 spiro atoms. The Morgan fingerprint density at radius 2 is 1.96 bits per heavy atom. The Hall–Kier alpha value is -2.44. The number of benzene rings is 1. The van der Waals surface area contributed by atoms with Crippen molar-refractivity contribution in [3.05, 3.63) is 23.8 Å². The van der Waals surface area contributed by atoms with E-state index in [1.807, 2.05) is 20.8 Å². The molecular formula is C16H22N2O5. The molecule has 7 heteroatoms. The summed E-state index contributed by atoms with van der Waals surface area (Å²) in [4.78, 5) is 23.8. The van der Waals surface area contributed by atoms with Gasteiger partial charge < -0.3 is 24.8 Å². The monoisotopic (exact) mass is 322 g/mol. The van der Waals surface area contributed by atoms with Gasteiger partial charge in [-0.15, -0.1) is 0 Å². The number of carbonyl (C=O) groups is 2. The van der Waals surface area contributed by atoms with Gasteiger partial charge >= 0.3 is 12.0 Å². The van der Waals surface area contributed by atoms with Crippen molar-refractivity contribution in [3.63, 3.8) is 0 Å². The summed E-state index contributed by atoms with van der Waals surface area (Å²) in [7, 11) is 1.31. The largest absolute Gasteiger partial charge is 0.469 e. The zero-order valence-corrected chi connectivity index (χ0v) is 13.8. The summed E-state index contributed by atoms with van der Waals surface area (Å²) in [6, 6.07) is 4.42. The first kappa shape index (κ1) is 16.9. The van der Waals surface area contributed by atoms with E-state index in [-0.39, 0.29) is 24.8 Å². The van der Waals surface area contributed by atoms with Crippen LogP contribution in [0.4, 0.5) is 4.79 Å². The molecule has 0 aliphatic carbocycles. The van der Waals surface area contributed by atoms with E-state index < -0.39 is 12.0 Å². The van der Waals surface area contributed by atoms with Crippen molar-refractivity contribution in [1.29, 1.82) is 0 Å². The lowest BCUT2D eigenvalue weighted by Gasteiger charge is -2.24. The second-order valence-corrected chi connectivity index (χ2v) is 6.29. The van der Waals surface area contributed by atoms with Crippen molar-refractivity contribution in [2.45, 2.75) is 38.8 Å². The second kappa shape index (κ2) is 6.76. The molecular weight excluding hydrogens is 300 g/mol. The van der Waals surface area contributed by atoms with Crippen LogP contribution in [-0.4, -0.2) is 31.4 Å². The fourth-order valence-electron chi connectivity index (χ4n) is 2.17. The van der Waals surface area contributed by atoms with Gasteiger partial charge in [-0.3, -0.25) is 4.79 Å². The topological polar surface area (TPSA) is 85.9 Å². The van der Waals surface area contributed by atoms with E-state index >= 15 is 0 Å². The summed E-state index contributed by atoms with van der Waals surface area (Å²) in [5.74, 6) is 0.823. The van der Waals surface area contributed by atoms with Crippen molar-refractivity contribution in [2.24, 2.45) is 0 Å². The van der Waals surface area contributed by atoms with Crippen molar-refractivity contribution in [3.8, 4) is 11.5 Å². The summed E-state index contributed by atoms with van der Waals surface area (Å²) >= 11 is 0. The third-order valence-corrected chi connectivity index (χ3v) is 3.19. The number of rotatable bonds is 4. The standard InChI is InChI=1S/C16H22N2O5/c1-16(2,3)18-15(20)17-11(8-14(19)21-4)10-5-6-12-13(7-10)23-9-22-12/h5-7,11H,8-9H2,1-4H3,(H2,17,18,20)/t11-/m0/s1. The van der Waals surface area contributed by atoms with E-state index in [4.69, 9.17) is 14.2 Å². The van der Waals surface area contributed by atoms with Crippen LogP contribution < -0.4 is 20.1 Å². The summed E-state index contributed by atoms with van der Waals surface area (Å²) in [6.45, 7) is 5.80. The lowest BCUT2D eigenvalue weighted by atomic mass is 10.0. The molecule has 0 saturated carbocycles. The molecule has 2 amide bonds. The second-order valence-electron chi connectivity index (χ2n) is 6.29. The van der Waals surface area contributed by atoms with Gasteiger partial charge in [0, 0.05) is 5.54 Å². The highest BCUT2D eigenvalue weighted by Crippen LogP contribution is 2.34. The molecule has 0 saturated heterocycles. The smallest absolute Gasteiger partial charge is 0.315 e. The SMILES string of the molecule is COC(=O)C[C@H](NC(=O)NC(C)(C)C)c1ccc2c(c1)OCO2. The molecule has 1 aliphatic heterocycles. The molecule has 1 atom stereocenters. The maximum atomic E-state index is 12.1. The Morgan fingerprint density at radius 3 is 2.61 bits per heavy atom. The number of hydrogen-bond donors (Lipinski definition) is 2. The fourth-order valence-corrected chi connectivity index (χ4v) is 2.17. The van der Waals surface area contributed by atoms with Crippen molar-refractivity contribution in [2.75, 3.05) is 13.9 Å². The number of methoxy groups -OCH3 is 1. The van der Waals surface area contributed by atoms with E-state index in [9.17, 15) is 9.59 Å². The number of amides is 2. The molecule has 0 fully saturated rings. The van der Waals surface area contributed by atoms with Gasteiger partial charge in [0.25, 0.3) is 0 Å². The number of carbonyl (C=O) groups excluding carboxylic acids is 2. The van der Waals surface area contributed by atoms with E-state index in [1.165, 1.54) is 7.11 Å². The molecule has 23 heavy (non-hydrogen) atoms. The highest BCUT2D eigenvalue weighted by molar-refractivity contribution is 5.77. The number of hydrogen-bond acceptors (Lipinski definition) is 5. The van der Waals surface area contributed by atoms with E-state index in [2.05, 4.69) is 10.6 Å². The Balaban J connectivity index is 2.16. The minimum atomic E-state index is -0.528. The van der Waals surface area contributed by atoms with Crippen LogP contribution >= 0.6 is 0 Å². The molecule has 1 aliphatic rings. The zero-order valence-electron chi connectivity index (χ0n) is 13.8.